The van der Waals surface area contributed by atoms with Crippen molar-refractivity contribution >= 4 is 17.0 Å². The fraction of sp³-hybridized carbons (Fsp3) is 0.133. The Hall–Kier alpha value is -2.63. The second-order valence-corrected chi connectivity index (χ2v) is 4.62. The maximum absolute atomic E-state index is 12.2. The van der Waals surface area contributed by atoms with Gasteiger partial charge in [0.2, 0.25) is 5.95 Å². The molecule has 0 aliphatic heterocycles. The van der Waals surface area contributed by atoms with Crippen molar-refractivity contribution in [3.63, 3.8) is 0 Å². The number of fused-ring (bicyclic) bond motifs is 1. The van der Waals surface area contributed by atoms with Crippen LogP contribution in [0.3, 0.4) is 0 Å². The van der Waals surface area contributed by atoms with Crippen LogP contribution in [0, 0.1) is 6.92 Å². The van der Waals surface area contributed by atoms with Crippen molar-refractivity contribution in [2.75, 3.05) is 5.73 Å². The molecule has 0 spiro atoms. The third-order valence-electron chi connectivity index (χ3n) is 3.23. The molecule has 1 heterocycles. The first-order valence-electron chi connectivity index (χ1n) is 6.35. The van der Waals surface area contributed by atoms with Crippen molar-refractivity contribution in [1.29, 1.82) is 0 Å². The van der Waals surface area contributed by atoms with E-state index in [0.717, 1.165) is 22.3 Å². The minimum atomic E-state index is -2.84. The maximum Gasteiger partial charge on any atom is 0.387 e. The molecule has 21 heavy (non-hydrogen) atoms. The van der Waals surface area contributed by atoms with E-state index in [1.165, 1.54) is 12.1 Å². The highest BCUT2D eigenvalue weighted by Crippen LogP contribution is 2.26. The van der Waals surface area contributed by atoms with Gasteiger partial charge in [0.15, 0.2) is 0 Å². The summed E-state index contributed by atoms with van der Waals surface area (Å²) in [5.74, 6) is 0.453. The summed E-state index contributed by atoms with van der Waals surface area (Å²) in [6, 6.07) is 12.1. The van der Waals surface area contributed by atoms with Crippen LogP contribution >= 0.6 is 0 Å². The highest BCUT2D eigenvalue weighted by atomic mass is 19.3. The first kappa shape index (κ1) is 13.4. The Labute approximate surface area is 119 Å². The summed E-state index contributed by atoms with van der Waals surface area (Å²) in [7, 11) is 0. The Morgan fingerprint density at radius 3 is 2.52 bits per heavy atom. The van der Waals surface area contributed by atoms with Gasteiger partial charge in [-0.1, -0.05) is 12.1 Å². The Balaban J connectivity index is 2.08. The number of aromatic nitrogens is 2. The van der Waals surface area contributed by atoms with E-state index in [4.69, 9.17) is 5.73 Å². The van der Waals surface area contributed by atoms with Crippen LogP contribution in [0.2, 0.25) is 0 Å². The van der Waals surface area contributed by atoms with Gasteiger partial charge in [-0.2, -0.15) is 8.78 Å². The van der Waals surface area contributed by atoms with E-state index >= 15 is 0 Å². The fourth-order valence-electron chi connectivity index (χ4n) is 2.31. The van der Waals surface area contributed by atoms with E-state index in [1.54, 1.807) is 16.7 Å². The summed E-state index contributed by atoms with van der Waals surface area (Å²) in [4.78, 5) is 4.35. The molecule has 0 aliphatic carbocycles. The molecule has 0 fully saturated rings. The first-order chi connectivity index (χ1) is 10.1. The number of hydrogen-bond donors (Lipinski definition) is 1. The largest absolute Gasteiger partial charge is 0.435 e. The summed E-state index contributed by atoms with van der Waals surface area (Å²) < 4.78 is 30.4. The van der Waals surface area contributed by atoms with Crippen LogP contribution in [0.15, 0.2) is 42.5 Å². The van der Waals surface area contributed by atoms with Crippen LogP contribution < -0.4 is 10.5 Å². The minimum Gasteiger partial charge on any atom is -0.435 e. The van der Waals surface area contributed by atoms with Gasteiger partial charge in [-0.25, -0.2) is 4.98 Å². The molecule has 6 heteroatoms. The number of rotatable bonds is 3. The zero-order valence-electron chi connectivity index (χ0n) is 11.3. The highest BCUT2D eigenvalue weighted by molar-refractivity contribution is 5.83. The first-order valence-corrected chi connectivity index (χ1v) is 6.35. The lowest BCUT2D eigenvalue weighted by atomic mass is 10.2. The molecule has 0 unspecified atom stereocenters. The van der Waals surface area contributed by atoms with E-state index in [2.05, 4.69) is 9.72 Å². The lowest BCUT2D eigenvalue weighted by Crippen LogP contribution is -2.03. The van der Waals surface area contributed by atoms with Gasteiger partial charge >= 0.3 is 6.61 Å². The van der Waals surface area contributed by atoms with Gasteiger partial charge in [0.1, 0.15) is 5.75 Å². The highest BCUT2D eigenvalue weighted by Gasteiger charge is 2.12. The van der Waals surface area contributed by atoms with Gasteiger partial charge in [-0.05, 0) is 42.8 Å². The zero-order chi connectivity index (χ0) is 15.0. The minimum absolute atomic E-state index is 0.105. The van der Waals surface area contributed by atoms with Gasteiger partial charge in [0.25, 0.3) is 0 Å². The summed E-state index contributed by atoms with van der Waals surface area (Å²) >= 11 is 0. The maximum atomic E-state index is 12.2. The molecule has 2 N–H and O–H groups in total. The molecule has 0 radical (unpaired) electrons. The molecule has 4 nitrogen and oxygen atoms in total. The lowest BCUT2D eigenvalue weighted by Gasteiger charge is -2.08. The molecular formula is C15H13F2N3O. The van der Waals surface area contributed by atoms with Crippen LogP contribution in [0.4, 0.5) is 14.7 Å². The number of nitrogens with two attached hydrogens (primary N) is 1. The number of halogens is 2. The number of nitrogen functional groups attached to an aromatic ring is 1. The summed E-state index contributed by atoms with van der Waals surface area (Å²) in [6.07, 6.45) is 0. The van der Waals surface area contributed by atoms with Crippen molar-refractivity contribution in [2.24, 2.45) is 0 Å². The molecule has 2 aromatic carbocycles. The topological polar surface area (TPSA) is 53.1 Å². The summed E-state index contributed by atoms with van der Waals surface area (Å²) in [6.45, 7) is -0.878. The number of alkyl halides is 2. The Kier molecular flexibility index (Phi) is 3.21. The van der Waals surface area contributed by atoms with E-state index in [-0.39, 0.29) is 5.75 Å². The molecule has 0 atom stereocenters. The number of ether oxygens (including phenoxy) is 1. The number of aryl methyl sites for hydroxylation is 1. The van der Waals surface area contributed by atoms with Gasteiger partial charge in [0.05, 0.1) is 11.0 Å². The molecular weight excluding hydrogens is 276 g/mol. The number of hydrogen-bond acceptors (Lipinski definition) is 3. The molecule has 3 aromatic rings. The zero-order valence-corrected chi connectivity index (χ0v) is 11.3. The number of imidazole rings is 1. The average Bonchev–Trinajstić information content (AvgIpc) is 2.77. The van der Waals surface area contributed by atoms with Crippen molar-refractivity contribution in [1.82, 2.24) is 9.55 Å². The van der Waals surface area contributed by atoms with Crippen molar-refractivity contribution in [3.05, 3.63) is 48.0 Å². The van der Waals surface area contributed by atoms with Gasteiger partial charge in [-0.15, -0.1) is 0 Å². The number of benzene rings is 2. The third kappa shape index (κ3) is 2.40. The molecule has 0 aliphatic rings. The van der Waals surface area contributed by atoms with Crippen molar-refractivity contribution < 1.29 is 13.5 Å². The predicted octanol–water partition coefficient (Wildman–Crippen LogP) is 3.52. The second kappa shape index (κ2) is 5.05. The molecule has 1 aromatic heterocycles. The van der Waals surface area contributed by atoms with E-state index < -0.39 is 6.61 Å². The second-order valence-electron chi connectivity index (χ2n) is 4.62. The van der Waals surface area contributed by atoms with Gasteiger partial charge in [-0.3, -0.25) is 4.57 Å². The molecule has 0 saturated heterocycles. The number of anilines is 1. The molecule has 0 bridgehead atoms. The number of nitrogens with zero attached hydrogens (tertiary/aromatic N) is 2. The van der Waals surface area contributed by atoms with Crippen molar-refractivity contribution in [3.8, 4) is 11.4 Å². The molecule has 0 amide bonds. The SMILES string of the molecule is Cc1cccc2c1nc(N)n2-c1ccc(OC(F)F)cc1. The van der Waals surface area contributed by atoms with Crippen LogP contribution in [-0.4, -0.2) is 16.2 Å². The van der Waals surface area contributed by atoms with Crippen LogP contribution in [0.25, 0.3) is 16.7 Å². The van der Waals surface area contributed by atoms with E-state index in [1.807, 2.05) is 25.1 Å². The Morgan fingerprint density at radius 1 is 1.14 bits per heavy atom. The predicted molar refractivity (Wildman–Crippen MR) is 76.9 cm³/mol. The number of para-hydroxylation sites is 1. The lowest BCUT2D eigenvalue weighted by molar-refractivity contribution is -0.0498. The van der Waals surface area contributed by atoms with Crippen LogP contribution in [-0.2, 0) is 0 Å². The smallest absolute Gasteiger partial charge is 0.387 e. The molecule has 3 rings (SSSR count). The molecule has 108 valence electrons. The summed E-state index contributed by atoms with van der Waals surface area (Å²) in [5, 5.41) is 0. The van der Waals surface area contributed by atoms with Gasteiger partial charge < -0.3 is 10.5 Å². The molecule has 0 saturated carbocycles. The Bertz CT molecular complexity index is 781. The van der Waals surface area contributed by atoms with Crippen molar-refractivity contribution in [2.45, 2.75) is 13.5 Å². The van der Waals surface area contributed by atoms with Crippen LogP contribution in [0.5, 0.6) is 5.75 Å². The quantitative estimate of drug-likeness (QED) is 0.802. The standard InChI is InChI=1S/C15H13F2N3O/c1-9-3-2-4-12-13(9)19-15(18)20(12)10-5-7-11(8-6-10)21-14(16)17/h2-8,14H,1H3,(H2,18,19). The normalized spacial score (nSPS) is 11.2. The summed E-state index contributed by atoms with van der Waals surface area (Å²) in [5.41, 5.74) is 9.43. The third-order valence-corrected chi connectivity index (χ3v) is 3.23. The fourth-order valence-corrected chi connectivity index (χ4v) is 2.31. The monoisotopic (exact) mass is 289 g/mol. The van der Waals surface area contributed by atoms with E-state index in [9.17, 15) is 8.78 Å². The van der Waals surface area contributed by atoms with E-state index in [0.29, 0.717) is 5.95 Å². The van der Waals surface area contributed by atoms with Crippen LogP contribution in [0.1, 0.15) is 5.56 Å². The van der Waals surface area contributed by atoms with Gasteiger partial charge in [0, 0.05) is 5.69 Å². The Morgan fingerprint density at radius 2 is 1.86 bits per heavy atom. The average molecular weight is 289 g/mol.